The second-order valence-corrected chi connectivity index (χ2v) is 5.58. The van der Waals surface area contributed by atoms with Crippen molar-refractivity contribution < 1.29 is 9.53 Å². The van der Waals surface area contributed by atoms with Crippen molar-refractivity contribution in [2.24, 2.45) is 0 Å². The van der Waals surface area contributed by atoms with Gasteiger partial charge in [0.2, 0.25) is 5.91 Å². The smallest absolute Gasteiger partial charge is 0.222 e. The Bertz CT molecular complexity index is 981. The first kappa shape index (κ1) is 16.4. The molecule has 9 nitrogen and oxygen atoms in total. The number of rotatable bonds is 3. The average molecular weight is 335 g/mol. The maximum absolute atomic E-state index is 11.6. The van der Waals surface area contributed by atoms with E-state index < -0.39 is 0 Å². The van der Waals surface area contributed by atoms with E-state index in [-0.39, 0.29) is 45.9 Å². The van der Waals surface area contributed by atoms with E-state index in [1.165, 1.54) is 6.92 Å². The fourth-order valence-corrected chi connectivity index (χ4v) is 2.86. The van der Waals surface area contributed by atoms with E-state index in [2.05, 4.69) is 15.3 Å². The maximum Gasteiger partial charge on any atom is 0.222 e. The monoisotopic (exact) mass is 335 g/mol. The van der Waals surface area contributed by atoms with Gasteiger partial charge in [-0.3, -0.25) is 4.79 Å². The molecule has 1 fully saturated rings. The Labute approximate surface area is 143 Å². The molecule has 0 unspecified atom stereocenters. The summed E-state index contributed by atoms with van der Waals surface area (Å²) in [6.07, 6.45) is 1.69. The normalized spacial score (nSPS) is 16.2. The molecule has 1 aliphatic heterocycles. The third-order valence-electron chi connectivity index (χ3n) is 3.90. The molecule has 1 saturated heterocycles. The molecule has 3 heterocycles. The highest BCUT2D eigenvalue weighted by molar-refractivity contribution is 5.96. The second-order valence-electron chi connectivity index (χ2n) is 5.58. The van der Waals surface area contributed by atoms with Crippen LogP contribution in [-0.2, 0) is 16.1 Å². The summed E-state index contributed by atoms with van der Waals surface area (Å²) < 4.78 is 7.25. The van der Waals surface area contributed by atoms with E-state index in [9.17, 15) is 15.3 Å². The molecular weight excluding hydrogens is 322 g/mol. The van der Waals surface area contributed by atoms with E-state index in [0.717, 1.165) is 12.8 Å². The molecule has 2 aromatic rings. The van der Waals surface area contributed by atoms with Crippen LogP contribution < -0.4 is 5.32 Å². The van der Waals surface area contributed by atoms with Crippen LogP contribution in [0.3, 0.4) is 0 Å². The summed E-state index contributed by atoms with van der Waals surface area (Å²) in [5.41, 5.74) is 0.276. The Morgan fingerprint density at radius 3 is 2.56 bits per heavy atom. The maximum atomic E-state index is 11.6. The van der Waals surface area contributed by atoms with Crippen molar-refractivity contribution in [2.45, 2.75) is 32.4 Å². The van der Waals surface area contributed by atoms with Gasteiger partial charge in [-0.2, -0.15) is 15.8 Å². The summed E-state index contributed by atoms with van der Waals surface area (Å²) in [5.74, 6) is -0.103. The van der Waals surface area contributed by atoms with Crippen LogP contribution in [0.4, 0.5) is 5.82 Å². The van der Waals surface area contributed by atoms with Crippen LogP contribution in [0.5, 0.6) is 0 Å². The van der Waals surface area contributed by atoms with Gasteiger partial charge >= 0.3 is 0 Å². The topological polar surface area (TPSA) is 140 Å². The number of nitrogens with one attached hydrogen (secondary N) is 1. The number of nitriles is 3. The number of carbonyl (C=O) groups is 1. The minimum absolute atomic E-state index is 0.0855. The van der Waals surface area contributed by atoms with E-state index in [4.69, 9.17) is 10.00 Å². The van der Waals surface area contributed by atoms with Crippen LogP contribution in [0.1, 0.15) is 36.7 Å². The molecule has 0 radical (unpaired) electrons. The molecular formula is C16H13N7O2. The first-order valence-electron chi connectivity index (χ1n) is 7.62. The molecule has 9 heteroatoms. The summed E-state index contributed by atoms with van der Waals surface area (Å²) in [5, 5.41) is 30.5. The first-order valence-corrected chi connectivity index (χ1v) is 7.62. The van der Waals surface area contributed by atoms with Gasteiger partial charge in [-0.1, -0.05) is 0 Å². The van der Waals surface area contributed by atoms with Gasteiger partial charge in [-0.15, -0.1) is 0 Å². The summed E-state index contributed by atoms with van der Waals surface area (Å²) in [4.78, 5) is 19.9. The SMILES string of the molecule is CC(=O)Nc1c(C#N)c2nc(C#N)c(C#N)nc2n1C[C@@H]1CCCO1. The molecule has 3 rings (SSSR count). The highest BCUT2D eigenvalue weighted by atomic mass is 16.5. The lowest BCUT2D eigenvalue weighted by atomic mass is 10.2. The van der Waals surface area contributed by atoms with Gasteiger partial charge in [0.25, 0.3) is 0 Å². The van der Waals surface area contributed by atoms with Gasteiger partial charge in [0.1, 0.15) is 35.1 Å². The molecule has 0 aliphatic carbocycles. The molecule has 0 bridgehead atoms. The van der Waals surface area contributed by atoms with Crippen LogP contribution in [0.25, 0.3) is 11.2 Å². The van der Waals surface area contributed by atoms with E-state index in [1.807, 2.05) is 12.1 Å². The third kappa shape index (κ3) is 2.87. The lowest BCUT2D eigenvalue weighted by Gasteiger charge is -2.14. The molecule has 2 aromatic heterocycles. The number of anilines is 1. The van der Waals surface area contributed by atoms with Crippen LogP contribution in [0, 0.1) is 34.0 Å². The van der Waals surface area contributed by atoms with E-state index >= 15 is 0 Å². The van der Waals surface area contributed by atoms with Crippen LogP contribution in [0.2, 0.25) is 0 Å². The summed E-state index contributed by atoms with van der Waals surface area (Å²) in [6.45, 7) is 2.34. The van der Waals surface area contributed by atoms with Gasteiger partial charge in [0, 0.05) is 13.5 Å². The van der Waals surface area contributed by atoms with Crippen molar-refractivity contribution in [3.05, 3.63) is 17.0 Å². The Morgan fingerprint density at radius 1 is 1.28 bits per heavy atom. The number of ether oxygens (including phenoxy) is 1. The fraction of sp³-hybridized carbons (Fsp3) is 0.375. The van der Waals surface area contributed by atoms with E-state index in [0.29, 0.717) is 13.2 Å². The van der Waals surface area contributed by atoms with Crippen LogP contribution in [0.15, 0.2) is 0 Å². The number of aromatic nitrogens is 3. The van der Waals surface area contributed by atoms with Crippen LogP contribution >= 0.6 is 0 Å². The Morgan fingerprint density at radius 2 is 2.00 bits per heavy atom. The number of nitrogens with zero attached hydrogens (tertiary/aromatic N) is 6. The zero-order valence-corrected chi connectivity index (χ0v) is 13.4. The molecule has 0 aromatic carbocycles. The highest BCUT2D eigenvalue weighted by Crippen LogP contribution is 2.30. The quantitative estimate of drug-likeness (QED) is 0.887. The molecule has 1 atom stereocenters. The second kappa shape index (κ2) is 6.56. The van der Waals surface area contributed by atoms with Crippen molar-refractivity contribution >= 4 is 22.9 Å². The minimum Gasteiger partial charge on any atom is -0.376 e. The summed E-state index contributed by atoms with van der Waals surface area (Å²) in [7, 11) is 0. The highest BCUT2D eigenvalue weighted by Gasteiger charge is 2.26. The fourth-order valence-electron chi connectivity index (χ4n) is 2.86. The Kier molecular flexibility index (Phi) is 4.30. The van der Waals surface area contributed by atoms with Gasteiger partial charge < -0.3 is 14.6 Å². The average Bonchev–Trinajstić information content (AvgIpc) is 3.20. The first-order chi connectivity index (χ1) is 12.1. The number of amides is 1. The molecule has 1 amide bonds. The largest absolute Gasteiger partial charge is 0.376 e. The summed E-state index contributed by atoms with van der Waals surface area (Å²) >= 11 is 0. The predicted octanol–water partition coefficient (Wildman–Crippen LogP) is 1.18. The molecule has 25 heavy (non-hydrogen) atoms. The molecule has 0 saturated carbocycles. The number of hydrogen-bond donors (Lipinski definition) is 1. The zero-order valence-electron chi connectivity index (χ0n) is 13.4. The molecule has 1 aliphatic rings. The lowest BCUT2D eigenvalue weighted by Crippen LogP contribution is -2.19. The minimum atomic E-state index is -0.353. The predicted molar refractivity (Wildman–Crippen MR) is 85.0 cm³/mol. The van der Waals surface area contributed by atoms with E-state index in [1.54, 1.807) is 10.6 Å². The van der Waals surface area contributed by atoms with Crippen molar-refractivity contribution in [3.63, 3.8) is 0 Å². The number of fused-ring (bicyclic) bond motifs is 1. The number of hydrogen-bond acceptors (Lipinski definition) is 7. The lowest BCUT2D eigenvalue weighted by molar-refractivity contribution is -0.114. The van der Waals surface area contributed by atoms with Crippen molar-refractivity contribution in [2.75, 3.05) is 11.9 Å². The van der Waals surface area contributed by atoms with Gasteiger partial charge in [-0.25, -0.2) is 9.97 Å². The zero-order chi connectivity index (χ0) is 18.0. The van der Waals surface area contributed by atoms with Crippen LogP contribution in [-0.4, -0.2) is 33.2 Å². The van der Waals surface area contributed by atoms with Crippen molar-refractivity contribution in [1.29, 1.82) is 15.8 Å². The standard InChI is InChI=1S/C16H13N7O2/c1-9(24)20-15-11(5-17)14-16(22-13(7-19)12(6-18)21-14)23(15)8-10-3-2-4-25-10/h10H,2-4,8H2,1H3,(H,20,24)/t10-/m0/s1. The number of carbonyl (C=O) groups excluding carboxylic acids is 1. The molecule has 124 valence electrons. The molecule has 1 N–H and O–H groups in total. The third-order valence-corrected chi connectivity index (χ3v) is 3.90. The van der Waals surface area contributed by atoms with Crippen molar-refractivity contribution in [3.8, 4) is 18.2 Å². The Hall–Kier alpha value is -3.48. The van der Waals surface area contributed by atoms with Gasteiger partial charge in [0.15, 0.2) is 17.0 Å². The summed E-state index contributed by atoms with van der Waals surface area (Å²) in [6, 6.07) is 5.65. The molecule has 0 spiro atoms. The van der Waals surface area contributed by atoms with Gasteiger partial charge in [0.05, 0.1) is 12.6 Å². The van der Waals surface area contributed by atoms with Crippen molar-refractivity contribution in [1.82, 2.24) is 14.5 Å². The Balaban J connectivity index is 2.28. The van der Waals surface area contributed by atoms with Gasteiger partial charge in [-0.05, 0) is 12.8 Å².